The highest BCUT2D eigenvalue weighted by Gasteiger charge is 2.10. The van der Waals surface area contributed by atoms with E-state index in [2.05, 4.69) is 4.98 Å². The predicted octanol–water partition coefficient (Wildman–Crippen LogP) is 2.02. The van der Waals surface area contributed by atoms with Crippen LogP contribution in [0, 0.1) is 12.7 Å². The van der Waals surface area contributed by atoms with E-state index in [0.29, 0.717) is 0 Å². The van der Waals surface area contributed by atoms with E-state index >= 15 is 0 Å². The molecule has 5 heteroatoms. The SMILES string of the molecule is Cc1ccc(-n2cnc(C(=O)O)c2)c(F)c1. The molecule has 0 fully saturated rings. The molecule has 82 valence electrons. The maximum atomic E-state index is 13.6. The maximum absolute atomic E-state index is 13.6. The number of halogens is 1. The van der Waals surface area contributed by atoms with Crippen molar-refractivity contribution in [3.8, 4) is 5.69 Å². The Morgan fingerprint density at radius 2 is 2.25 bits per heavy atom. The lowest BCUT2D eigenvalue weighted by Crippen LogP contribution is -1.97. The fraction of sp³-hybridized carbons (Fsp3) is 0.0909. The second kappa shape index (κ2) is 3.77. The number of aromatic carboxylic acids is 1. The first-order valence-electron chi connectivity index (χ1n) is 4.62. The van der Waals surface area contributed by atoms with E-state index in [1.165, 1.54) is 23.2 Å². The van der Waals surface area contributed by atoms with Crippen LogP contribution in [-0.4, -0.2) is 20.6 Å². The summed E-state index contributed by atoms with van der Waals surface area (Å²) in [4.78, 5) is 14.3. The Hall–Kier alpha value is -2.17. The third kappa shape index (κ3) is 1.79. The summed E-state index contributed by atoms with van der Waals surface area (Å²) < 4.78 is 14.9. The van der Waals surface area contributed by atoms with Crippen molar-refractivity contribution in [1.29, 1.82) is 0 Å². The minimum absolute atomic E-state index is 0.111. The monoisotopic (exact) mass is 220 g/mol. The van der Waals surface area contributed by atoms with Gasteiger partial charge in [0.05, 0.1) is 5.69 Å². The molecule has 0 aliphatic carbocycles. The first-order chi connectivity index (χ1) is 7.58. The van der Waals surface area contributed by atoms with E-state index in [9.17, 15) is 9.18 Å². The molecule has 0 saturated heterocycles. The zero-order chi connectivity index (χ0) is 11.7. The molecule has 1 N–H and O–H groups in total. The van der Waals surface area contributed by atoms with Gasteiger partial charge in [-0.2, -0.15) is 0 Å². The number of hydrogen-bond donors (Lipinski definition) is 1. The summed E-state index contributed by atoms with van der Waals surface area (Å²) in [6.45, 7) is 1.78. The summed E-state index contributed by atoms with van der Waals surface area (Å²) in [6, 6.07) is 4.71. The summed E-state index contributed by atoms with van der Waals surface area (Å²) in [5.41, 5.74) is 0.977. The molecule has 0 aliphatic rings. The summed E-state index contributed by atoms with van der Waals surface area (Å²) in [5, 5.41) is 8.69. The molecular formula is C11H9FN2O2. The molecule has 16 heavy (non-hydrogen) atoms. The third-order valence-electron chi connectivity index (χ3n) is 2.18. The second-order valence-electron chi connectivity index (χ2n) is 3.43. The van der Waals surface area contributed by atoms with Gasteiger partial charge in [0.2, 0.25) is 0 Å². The number of rotatable bonds is 2. The minimum Gasteiger partial charge on any atom is -0.476 e. The van der Waals surface area contributed by atoms with E-state index in [1.807, 2.05) is 0 Å². The van der Waals surface area contributed by atoms with Gasteiger partial charge in [0.1, 0.15) is 12.1 Å². The first kappa shape index (κ1) is 10.4. The lowest BCUT2D eigenvalue weighted by Gasteiger charge is -2.03. The highest BCUT2D eigenvalue weighted by Crippen LogP contribution is 2.15. The topological polar surface area (TPSA) is 55.1 Å². The number of carbonyl (C=O) groups is 1. The fourth-order valence-corrected chi connectivity index (χ4v) is 1.39. The normalized spacial score (nSPS) is 10.4. The molecule has 2 rings (SSSR count). The van der Waals surface area contributed by atoms with Crippen LogP contribution in [0.15, 0.2) is 30.7 Å². The lowest BCUT2D eigenvalue weighted by atomic mass is 10.2. The number of aromatic nitrogens is 2. The molecular weight excluding hydrogens is 211 g/mol. The summed E-state index contributed by atoms with van der Waals surface area (Å²) in [5.74, 6) is -1.54. The van der Waals surface area contributed by atoms with Crippen molar-refractivity contribution < 1.29 is 14.3 Å². The van der Waals surface area contributed by atoms with Crippen molar-refractivity contribution in [2.24, 2.45) is 0 Å². The predicted molar refractivity (Wildman–Crippen MR) is 55.2 cm³/mol. The highest BCUT2D eigenvalue weighted by molar-refractivity contribution is 5.85. The van der Waals surface area contributed by atoms with E-state index in [4.69, 9.17) is 5.11 Å². The van der Waals surface area contributed by atoms with Crippen LogP contribution < -0.4 is 0 Å². The molecule has 1 aromatic heterocycles. The molecule has 0 spiro atoms. The Morgan fingerprint density at radius 3 is 2.81 bits per heavy atom. The average molecular weight is 220 g/mol. The van der Waals surface area contributed by atoms with Crippen LogP contribution in [0.25, 0.3) is 5.69 Å². The van der Waals surface area contributed by atoms with Crippen LogP contribution in [0.4, 0.5) is 4.39 Å². The number of carboxylic acid groups (broad SMARTS) is 1. The van der Waals surface area contributed by atoms with Crippen molar-refractivity contribution >= 4 is 5.97 Å². The molecule has 0 atom stereocenters. The van der Waals surface area contributed by atoms with Gasteiger partial charge in [-0.15, -0.1) is 0 Å². The van der Waals surface area contributed by atoms with Gasteiger partial charge >= 0.3 is 5.97 Å². The number of nitrogens with zero attached hydrogens (tertiary/aromatic N) is 2. The van der Waals surface area contributed by atoms with Gasteiger partial charge in [-0.1, -0.05) is 6.07 Å². The lowest BCUT2D eigenvalue weighted by molar-refractivity contribution is 0.0691. The van der Waals surface area contributed by atoms with Crippen molar-refractivity contribution in [2.75, 3.05) is 0 Å². The third-order valence-corrected chi connectivity index (χ3v) is 2.18. The largest absolute Gasteiger partial charge is 0.476 e. The Balaban J connectivity index is 2.46. The smallest absolute Gasteiger partial charge is 0.356 e. The standard InChI is InChI=1S/C11H9FN2O2/c1-7-2-3-10(8(12)4-7)14-5-9(11(15)16)13-6-14/h2-6H,1H3,(H,15,16). The summed E-state index contributed by atoms with van der Waals surface area (Å²) >= 11 is 0. The zero-order valence-corrected chi connectivity index (χ0v) is 8.51. The van der Waals surface area contributed by atoms with Gasteiger partial charge in [-0.25, -0.2) is 14.2 Å². The van der Waals surface area contributed by atoms with Crippen molar-refractivity contribution in [2.45, 2.75) is 6.92 Å². The van der Waals surface area contributed by atoms with Crippen LogP contribution in [0.3, 0.4) is 0 Å². The number of carboxylic acids is 1. The van der Waals surface area contributed by atoms with Crippen LogP contribution in [0.5, 0.6) is 0 Å². The second-order valence-corrected chi connectivity index (χ2v) is 3.43. The van der Waals surface area contributed by atoms with Crippen LogP contribution in [0.1, 0.15) is 16.1 Å². The van der Waals surface area contributed by atoms with Gasteiger partial charge in [0.15, 0.2) is 5.69 Å². The van der Waals surface area contributed by atoms with Gasteiger partial charge in [-0.05, 0) is 24.6 Å². The maximum Gasteiger partial charge on any atom is 0.356 e. The zero-order valence-electron chi connectivity index (χ0n) is 8.51. The van der Waals surface area contributed by atoms with Crippen molar-refractivity contribution in [3.05, 3.63) is 47.8 Å². The minimum atomic E-state index is -1.13. The molecule has 2 aromatic rings. The molecule has 0 amide bonds. The van der Waals surface area contributed by atoms with E-state index in [0.717, 1.165) is 5.56 Å². The number of benzene rings is 1. The fourth-order valence-electron chi connectivity index (χ4n) is 1.39. The molecule has 4 nitrogen and oxygen atoms in total. The Morgan fingerprint density at radius 1 is 1.50 bits per heavy atom. The first-order valence-corrected chi connectivity index (χ1v) is 4.62. The number of aryl methyl sites for hydroxylation is 1. The Kier molecular flexibility index (Phi) is 2.44. The molecule has 1 heterocycles. The van der Waals surface area contributed by atoms with E-state index in [1.54, 1.807) is 19.1 Å². The van der Waals surface area contributed by atoms with E-state index < -0.39 is 11.8 Å². The Bertz CT molecular complexity index is 549. The summed E-state index contributed by atoms with van der Waals surface area (Å²) in [6.07, 6.45) is 2.55. The van der Waals surface area contributed by atoms with E-state index in [-0.39, 0.29) is 11.4 Å². The van der Waals surface area contributed by atoms with Crippen molar-refractivity contribution in [3.63, 3.8) is 0 Å². The molecule has 0 saturated carbocycles. The van der Waals surface area contributed by atoms with Crippen LogP contribution in [-0.2, 0) is 0 Å². The highest BCUT2D eigenvalue weighted by atomic mass is 19.1. The van der Waals surface area contributed by atoms with Crippen LogP contribution in [0.2, 0.25) is 0 Å². The van der Waals surface area contributed by atoms with Crippen molar-refractivity contribution in [1.82, 2.24) is 9.55 Å². The molecule has 0 bridgehead atoms. The van der Waals surface area contributed by atoms with Gasteiger partial charge < -0.3 is 9.67 Å². The molecule has 0 aliphatic heterocycles. The number of hydrogen-bond acceptors (Lipinski definition) is 2. The molecule has 0 unspecified atom stereocenters. The van der Waals surface area contributed by atoms with Crippen LogP contribution >= 0.6 is 0 Å². The van der Waals surface area contributed by atoms with Gasteiger partial charge in [-0.3, -0.25) is 0 Å². The average Bonchev–Trinajstić information content (AvgIpc) is 2.66. The Labute approximate surface area is 91.0 Å². The quantitative estimate of drug-likeness (QED) is 0.842. The molecule has 0 radical (unpaired) electrons. The van der Waals surface area contributed by atoms with Gasteiger partial charge in [0, 0.05) is 6.20 Å². The molecule has 1 aromatic carbocycles. The summed E-state index contributed by atoms with van der Waals surface area (Å²) in [7, 11) is 0. The number of imidazole rings is 1. The van der Waals surface area contributed by atoms with Gasteiger partial charge in [0.25, 0.3) is 0 Å².